The summed E-state index contributed by atoms with van der Waals surface area (Å²) in [4.78, 5) is 4.50. The van der Waals surface area contributed by atoms with E-state index in [1.807, 2.05) is 6.20 Å². The normalized spacial score (nSPS) is 17.2. The van der Waals surface area contributed by atoms with Crippen LogP contribution in [-0.2, 0) is 0 Å². The molecule has 1 fully saturated rings. The number of fused-ring (bicyclic) bond motifs is 1. The fourth-order valence-corrected chi connectivity index (χ4v) is 1.96. The summed E-state index contributed by atoms with van der Waals surface area (Å²) in [6.07, 6.45) is 4.08. The molecule has 72 valence electrons. The van der Waals surface area contributed by atoms with Gasteiger partial charge < -0.3 is 9.72 Å². The second-order valence-electron chi connectivity index (χ2n) is 3.92. The van der Waals surface area contributed by atoms with Crippen molar-refractivity contribution in [1.82, 2.24) is 14.7 Å². The van der Waals surface area contributed by atoms with Crippen LogP contribution in [0, 0.1) is 6.92 Å². The van der Waals surface area contributed by atoms with E-state index in [-0.39, 0.29) is 0 Å². The fraction of sp³-hybridized carbons (Fsp3) is 0.364. The highest BCUT2D eigenvalue weighted by atomic mass is 15.1. The maximum absolute atomic E-state index is 4.50. The van der Waals surface area contributed by atoms with E-state index in [0.717, 1.165) is 13.1 Å². The van der Waals surface area contributed by atoms with Crippen LogP contribution in [0.2, 0.25) is 0 Å². The van der Waals surface area contributed by atoms with Gasteiger partial charge in [0.1, 0.15) is 5.82 Å². The van der Waals surface area contributed by atoms with E-state index in [2.05, 4.69) is 40.0 Å². The Kier molecular flexibility index (Phi) is 1.61. The van der Waals surface area contributed by atoms with E-state index < -0.39 is 0 Å². The Hall–Kier alpha value is -1.35. The molecule has 3 heterocycles. The number of imidazole rings is 1. The smallest absolute Gasteiger partial charge is 0.118 e. The molecular formula is C11H13N3. The number of nitrogens with one attached hydrogen (secondary N) is 1. The number of hydrogen-bond acceptors (Lipinski definition) is 2. The number of pyridine rings is 1. The van der Waals surface area contributed by atoms with E-state index >= 15 is 0 Å². The second kappa shape index (κ2) is 2.82. The average Bonchev–Trinajstić information content (AvgIpc) is 2.48. The van der Waals surface area contributed by atoms with Crippen molar-refractivity contribution in [3.8, 4) is 0 Å². The molecule has 1 aliphatic heterocycles. The summed E-state index contributed by atoms with van der Waals surface area (Å²) in [6, 6.07) is 4.21. The summed E-state index contributed by atoms with van der Waals surface area (Å²) < 4.78 is 2.21. The van der Waals surface area contributed by atoms with Gasteiger partial charge in [-0.3, -0.25) is 0 Å². The molecule has 0 aliphatic carbocycles. The molecule has 0 bridgehead atoms. The molecule has 14 heavy (non-hydrogen) atoms. The predicted octanol–water partition coefficient (Wildman–Crippen LogP) is 1.33. The third-order valence-electron chi connectivity index (χ3n) is 2.96. The Morgan fingerprint density at radius 1 is 1.50 bits per heavy atom. The van der Waals surface area contributed by atoms with Crippen LogP contribution >= 0.6 is 0 Å². The van der Waals surface area contributed by atoms with Crippen molar-refractivity contribution in [2.24, 2.45) is 0 Å². The summed E-state index contributed by atoms with van der Waals surface area (Å²) in [7, 11) is 0. The minimum atomic E-state index is 0.597. The average molecular weight is 187 g/mol. The van der Waals surface area contributed by atoms with Gasteiger partial charge in [-0.05, 0) is 18.6 Å². The van der Waals surface area contributed by atoms with Gasteiger partial charge in [0.25, 0.3) is 0 Å². The SMILES string of the molecule is Cc1cccn2c(C3CNC3)ncc12. The molecule has 2 aromatic rings. The van der Waals surface area contributed by atoms with Gasteiger partial charge in [0.15, 0.2) is 0 Å². The zero-order chi connectivity index (χ0) is 9.54. The summed E-state index contributed by atoms with van der Waals surface area (Å²) in [5, 5.41) is 3.28. The quantitative estimate of drug-likeness (QED) is 0.729. The zero-order valence-corrected chi connectivity index (χ0v) is 8.20. The Morgan fingerprint density at radius 2 is 2.36 bits per heavy atom. The van der Waals surface area contributed by atoms with Crippen molar-refractivity contribution >= 4 is 5.52 Å². The molecule has 1 aliphatic rings. The lowest BCUT2D eigenvalue weighted by Gasteiger charge is -2.25. The first-order valence-corrected chi connectivity index (χ1v) is 4.99. The molecule has 0 saturated carbocycles. The van der Waals surface area contributed by atoms with Crippen molar-refractivity contribution < 1.29 is 0 Å². The van der Waals surface area contributed by atoms with Crippen LogP contribution in [-0.4, -0.2) is 22.5 Å². The molecule has 0 aromatic carbocycles. The van der Waals surface area contributed by atoms with E-state index in [4.69, 9.17) is 0 Å². The number of hydrogen-bond donors (Lipinski definition) is 1. The van der Waals surface area contributed by atoms with Gasteiger partial charge in [-0.15, -0.1) is 0 Å². The van der Waals surface area contributed by atoms with Crippen molar-refractivity contribution in [1.29, 1.82) is 0 Å². The molecule has 0 unspecified atom stereocenters. The maximum atomic E-state index is 4.50. The number of aromatic nitrogens is 2. The van der Waals surface area contributed by atoms with Gasteiger partial charge in [-0.2, -0.15) is 0 Å². The van der Waals surface area contributed by atoms with Crippen molar-refractivity contribution in [3.05, 3.63) is 35.9 Å². The summed E-state index contributed by atoms with van der Waals surface area (Å²) in [6.45, 7) is 4.25. The minimum absolute atomic E-state index is 0.597. The third kappa shape index (κ3) is 0.990. The lowest BCUT2D eigenvalue weighted by atomic mass is 10.0. The first-order valence-electron chi connectivity index (χ1n) is 4.99. The highest BCUT2D eigenvalue weighted by Gasteiger charge is 2.23. The van der Waals surface area contributed by atoms with E-state index in [1.54, 1.807) is 0 Å². The monoisotopic (exact) mass is 187 g/mol. The van der Waals surface area contributed by atoms with Crippen LogP contribution in [0.1, 0.15) is 17.3 Å². The topological polar surface area (TPSA) is 29.3 Å². The molecule has 3 rings (SSSR count). The Balaban J connectivity index is 2.20. The second-order valence-corrected chi connectivity index (χ2v) is 3.92. The molecule has 0 radical (unpaired) electrons. The maximum Gasteiger partial charge on any atom is 0.118 e. The van der Waals surface area contributed by atoms with Gasteiger partial charge >= 0.3 is 0 Å². The van der Waals surface area contributed by atoms with Crippen molar-refractivity contribution in [3.63, 3.8) is 0 Å². The summed E-state index contributed by atoms with van der Waals surface area (Å²) in [5.41, 5.74) is 2.52. The van der Waals surface area contributed by atoms with Crippen molar-refractivity contribution in [2.75, 3.05) is 13.1 Å². The molecule has 0 amide bonds. The molecule has 2 aromatic heterocycles. The van der Waals surface area contributed by atoms with Gasteiger partial charge in [0.2, 0.25) is 0 Å². The fourth-order valence-electron chi connectivity index (χ4n) is 1.96. The molecule has 0 spiro atoms. The van der Waals surface area contributed by atoms with Crippen LogP contribution < -0.4 is 5.32 Å². The van der Waals surface area contributed by atoms with Gasteiger partial charge in [-0.25, -0.2) is 4.98 Å². The van der Waals surface area contributed by atoms with Gasteiger partial charge in [-0.1, -0.05) is 6.07 Å². The Bertz CT molecular complexity index is 468. The molecule has 1 N–H and O–H groups in total. The third-order valence-corrected chi connectivity index (χ3v) is 2.96. The molecule has 3 heteroatoms. The summed E-state index contributed by atoms with van der Waals surface area (Å²) >= 11 is 0. The largest absolute Gasteiger partial charge is 0.315 e. The standard InChI is InChI=1S/C11H13N3/c1-8-3-2-4-14-10(8)7-13-11(14)9-5-12-6-9/h2-4,7,9,12H,5-6H2,1H3. The highest BCUT2D eigenvalue weighted by Crippen LogP contribution is 2.21. The van der Waals surface area contributed by atoms with E-state index in [9.17, 15) is 0 Å². The number of nitrogens with zero attached hydrogens (tertiary/aromatic N) is 2. The Morgan fingerprint density at radius 3 is 3.07 bits per heavy atom. The minimum Gasteiger partial charge on any atom is -0.315 e. The molecule has 1 saturated heterocycles. The predicted molar refractivity (Wildman–Crippen MR) is 55.5 cm³/mol. The Labute approximate surface area is 82.8 Å². The summed E-state index contributed by atoms with van der Waals surface area (Å²) in [5.74, 6) is 1.79. The zero-order valence-electron chi connectivity index (χ0n) is 8.20. The lowest BCUT2D eigenvalue weighted by molar-refractivity contribution is 0.429. The van der Waals surface area contributed by atoms with Crippen molar-refractivity contribution in [2.45, 2.75) is 12.8 Å². The number of aryl methyl sites for hydroxylation is 1. The van der Waals surface area contributed by atoms with Crippen LogP contribution in [0.3, 0.4) is 0 Å². The van der Waals surface area contributed by atoms with Crippen LogP contribution in [0.5, 0.6) is 0 Å². The first-order chi connectivity index (χ1) is 6.86. The van der Waals surface area contributed by atoms with E-state index in [0.29, 0.717) is 5.92 Å². The van der Waals surface area contributed by atoms with E-state index in [1.165, 1.54) is 16.9 Å². The molecular weight excluding hydrogens is 174 g/mol. The lowest BCUT2D eigenvalue weighted by Crippen LogP contribution is -2.40. The van der Waals surface area contributed by atoms with Crippen LogP contribution in [0.25, 0.3) is 5.52 Å². The number of rotatable bonds is 1. The van der Waals surface area contributed by atoms with Gasteiger partial charge in [0.05, 0.1) is 11.7 Å². The van der Waals surface area contributed by atoms with Gasteiger partial charge in [0, 0.05) is 25.2 Å². The van der Waals surface area contributed by atoms with Crippen LogP contribution in [0.15, 0.2) is 24.5 Å². The van der Waals surface area contributed by atoms with Crippen LogP contribution in [0.4, 0.5) is 0 Å². The molecule has 0 atom stereocenters. The molecule has 3 nitrogen and oxygen atoms in total. The highest BCUT2D eigenvalue weighted by molar-refractivity contribution is 5.53. The first kappa shape index (κ1) is 8.00.